The van der Waals surface area contributed by atoms with Gasteiger partial charge in [-0.05, 0) is 73.9 Å². The van der Waals surface area contributed by atoms with Crippen LogP contribution in [0.2, 0.25) is 0 Å². The van der Waals surface area contributed by atoms with Crippen LogP contribution in [0.25, 0.3) is 0 Å². The molecule has 37 heavy (non-hydrogen) atoms. The van der Waals surface area contributed by atoms with E-state index in [-0.39, 0.29) is 0 Å². The summed E-state index contributed by atoms with van der Waals surface area (Å²) in [6.07, 6.45) is -3.98. The molecule has 1 saturated heterocycles. The lowest BCUT2D eigenvalue weighted by Gasteiger charge is -2.40. The second kappa shape index (κ2) is 11.8. The maximum atomic E-state index is 13.3. The van der Waals surface area contributed by atoms with Crippen molar-refractivity contribution in [2.24, 2.45) is 0 Å². The van der Waals surface area contributed by atoms with Crippen molar-refractivity contribution in [1.82, 2.24) is 4.44 Å². The summed E-state index contributed by atoms with van der Waals surface area (Å²) in [5.74, 6) is 0. The zero-order valence-corrected chi connectivity index (χ0v) is 22.2. The fourth-order valence-electron chi connectivity index (χ4n) is 4.68. The van der Waals surface area contributed by atoms with E-state index < -0.39 is 39.6 Å². The Balaban J connectivity index is 1.80. The van der Waals surface area contributed by atoms with Gasteiger partial charge in [0.15, 0.2) is 0 Å². The Labute approximate surface area is 216 Å². The molecule has 1 fully saturated rings. The molecule has 0 saturated carbocycles. The number of nitrogens with zero attached hydrogens (tertiary/aromatic N) is 1. The summed E-state index contributed by atoms with van der Waals surface area (Å²) >= 11 is 0. The Morgan fingerprint density at radius 1 is 0.784 bits per heavy atom. The number of hydrogen-bond acceptors (Lipinski definition) is 1. The molecule has 9 heteroatoms. The standard InChI is InChI=1S/C28H29F6NP2/c1-2-3-19-35(36-20-7-10-26(36)21-8-5-4-6-9-21)37(24-15-11-22(12-16-24)27(29,30)31)25-17-13-23(14-18-25)28(32,33)34/h4-6,8-9,11-18,26H,2-3,7,10,19-20H2,1H3. The summed E-state index contributed by atoms with van der Waals surface area (Å²) in [6, 6.07) is 20.7. The largest absolute Gasteiger partial charge is 0.416 e. The molecule has 2 unspecified atom stereocenters. The number of alkyl halides is 6. The molecule has 1 aliphatic heterocycles. The maximum Gasteiger partial charge on any atom is 0.416 e. The third kappa shape index (κ3) is 6.74. The number of rotatable bonds is 8. The highest BCUT2D eigenvalue weighted by Crippen LogP contribution is 2.67. The summed E-state index contributed by atoms with van der Waals surface area (Å²) in [6.45, 7) is 2.84. The van der Waals surface area contributed by atoms with Crippen molar-refractivity contribution in [2.75, 3.05) is 12.7 Å². The SMILES string of the molecule is CCCCN(P(c1ccc(C(F)(F)F)cc1)c1ccc(C(F)(F)F)cc1)P1CCCC1c1ccccc1. The van der Waals surface area contributed by atoms with E-state index in [1.165, 1.54) is 29.8 Å². The molecule has 1 aliphatic rings. The highest BCUT2D eigenvalue weighted by Gasteiger charge is 2.38. The molecule has 0 amide bonds. The molecule has 0 radical (unpaired) electrons. The zero-order valence-electron chi connectivity index (χ0n) is 20.4. The number of halogens is 6. The zero-order chi connectivity index (χ0) is 26.6. The Bertz CT molecular complexity index is 1070. The van der Waals surface area contributed by atoms with Crippen molar-refractivity contribution < 1.29 is 26.3 Å². The van der Waals surface area contributed by atoms with E-state index in [4.69, 9.17) is 0 Å². The lowest BCUT2D eigenvalue weighted by atomic mass is 10.1. The summed E-state index contributed by atoms with van der Waals surface area (Å²) in [4.78, 5) is 0. The first-order valence-corrected chi connectivity index (χ1v) is 15.2. The van der Waals surface area contributed by atoms with Gasteiger partial charge in [0.05, 0.1) is 11.1 Å². The topological polar surface area (TPSA) is 3.24 Å². The van der Waals surface area contributed by atoms with Gasteiger partial charge in [-0.3, -0.25) is 4.44 Å². The van der Waals surface area contributed by atoms with Gasteiger partial charge in [0.2, 0.25) is 0 Å². The van der Waals surface area contributed by atoms with Crippen LogP contribution in [0, 0.1) is 0 Å². The molecular weight excluding hydrogens is 526 g/mol. The van der Waals surface area contributed by atoms with Crippen LogP contribution < -0.4 is 10.6 Å². The minimum absolute atomic E-state index is 0.321. The van der Waals surface area contributed by atoms with E-state index in [0.717, 1.165) is 73.3 Å². The summed E-state index contributed by atoms with van der Waals surface area (Å²) in [5, 5.41) is 1.44. The van der Waals surface area contributed by atoms with Crippen LogP contribution in [0.3, 0.4) is 0 Å². The third-order valence-electron chi connectivity index (χ3n) is 6.53. The Morgan fingerprint density at radius 2 is 1.30 bits per heavy atom. The molecule has 0 bridgehead atoms. The molecule has 0 aliphatic carbocycles. The van der Waals surface area contributed by atoms with Crippen LogP contribution in [-0.2, 0) is 12.4 Å². The molecule has 198 valence electrons. The second-order valence-electron chi connectivity index (χ2n) is 9.08. The van der Waals surface area contributed by atoms with Crippen LogP contribution in [0.1, 0.15) is 55.0 Å². The average Bonchev–Trinajstić information content (AvgIpc) is 3.36. The molecule has 3 aromatic carbocycles. The van der Waals surface area contributed by atoms with Crippen molar-refractivity contribution >= 4 is 26.8 Å². The monoisotopic (exact) mass is 555 g/mol. The van der Waals surface area contributed by atoms with Crippen molar-refractivity contribution in [2.45, 2.75) is 50.6 Å². The first-order chi connectivity index (χ1) is 17.6. The molecule has 0 aromatic heterocycles. The fraction of sp³-hybridized carbons (Fsp3) is 0.357. The average molecular weight is 555 g/mol. The van der Waals surface area contributed by atoms with Crippen LogP contribution in [-0.4, -0.2) is 17.1 Å². The molecule has 1 nitrogen and oxygen atoms in total. The summed E-state index contributed by atoms with van der Waals surface area (Å²) in [7, 11) is -2.01. The van der Waals surface area contributed by atoms with Gasteiger partial charge in [0.25, 0.3) is 0 Å². The van der Waals surface area contributed by atoms with Crippen molar-refractivity contribution in [3.8, 4) is 0 Å². The Morgan fingerprint density at radius 3 is 1.76 bits per heavy atom. The Hall–Kier alpha value is -1.94. The van der Waals surface area contributed by atoms with Crippen LogP contribution >= 0.6 is 16.1 Å². The van der Waals surface area contributed by atoms with Gasteiger partial charge < -0.3 is 0 Å². The quantitative estimate of drug-likeness (QED) is 0.198. The van der Waals surface area contributed by atoms with E-state index in [1.54, 1.807) is 0 Å². The lowest BCUT2D eigenvalue weighted by molar-refractivity contribution is -0.138. The predicted octanol–water partition coefficient (Wildman–Crippen LogP) is 9.11. The van der Waals surface area contributed by atoms with Crippen LogP contribution in [0.5, 0.6) is 0 Å². The van der Waals surface area contributed by atoms with E-state index in [2.05, 4.69) is 23.5 Å². The molecule has 2 atom stereocenters. The molecule has 1 heterocycles. The first kappa shape index (κ1) is 28.1. The van der Waals surface area contributed by atoms with Crippen molar-refractivity contribution in [3.05, 3.63) is 95.6 Å². The van der Waals surface area contributed by atoms with Crippen LogP contribution in [0.15, 0.2) is 78.9 Å². The number of unbranched alkanes of at least 4 members (excludes halogenated alkanes) is 1. The van der Waals surface area contributed by atoms with Crippen molar-refractivity contribution in [1.29, 1.82) is 0 Å². The van der Waals surface area contributed by atoms with E-state index in [9.17, 15) is 26.3 Å². The minimum Gasteiger partial charge on any atom is -0.252 e. The van der Waals surface area contributed by atoms with Gasteiger partial charge in [-0.1, -0.05) is 67.9 Å². The van der Waals surface area contributed by atoms with Gasteiger partial charge in [0, 0.05) is 20.3 Å². The normalized spacial score (nSPS) is 18.6. The third-order valence-corrected chi connectivity index (χ3v) is 12.8. The fourth-order valence-corrected chi connectivity index (χ4v) is 11.7. The van der Waals surface area contributed by atoms with Gasteiger partial charge in [-0.2, -0.15) is 26.3 Å². The maximum absolute atomic E-state index is 13.3. The molecule has 0 spiro atoms. The highest BCUT2D eigenvalue weighted by atomic mass is 31.2. The van der Waals surface area contributed by atoms with Gasteiger partial charge in [-0.15, -0.1) is 0 Å². The Kier molecular flexibility index (Phi) is 8.99. The lowest BCUT2D eigenvalue weighted by Crippen LogP contribution is -2.28. The molecule has 0 N–H and O–H groups in total. The van der Waals surface area contributed by atoms with Crippen molar-refractivity contribution in [3.63, 3.8) is 0 Å². The smallest absolute Gasteiger partial charge is 0.252 e. The number of hydrogen-bond donors (Lipinski definition) is 0. The molecule has 3 aromatic rings. The second-order valence-corrected chi connectivity index (χ2v) is 14.0. The minimum atomic E-state index is -4.45. The highest BCUT2D eigenvalue weighted by molar-refractivity contribution is 7.79. The molecule has 4 rings (SSSR count). The summed E-state index contributed by atoms with van der Waals surface area (Å²) < 4.78 is 82.3. The number of benzene rings is 3. The van der Waals surface area contributed by atoms with E-state index in [1.807, 2.05) is 18.2 Å². The molecular formula is C28H29F6NP2. The van der Waals surface area contributed by atoms with E-state index in [0.29, 0.717) is 5.66 Å². The van der Waals surface area contributed by atoms with Gasteiger partial charge in [-0.25, -0.2) is 0 Å². The first-order valence-electron chi connectivity index (χ1n) is 12.3. The summed E-state index contributed by atoms with van der Waals surface area (Å²) in [5.41, 5.74) is 0.115. The van der Waals surface area contributed by atoms with Gasteiger partial charge in [0.1, 0.15) is 0 Å². The van der Waals surface area contributed by atoms with Gasteiger partial charge >= 0.3 is 12.4 Å². The van der Waals surface area contributed by atoms with E-state index >= 15 is 0 Å². The predicted molar refractivity (Wildman–Crippen MR) is 141 cm³/mol. The van der Waals surface area contributed by atoms with Crippen LogP contribution in [0.4, 0.5) is 26.3 Å².